The SMILES string of the molecule is CCCNc1ncccc1C(=O)N(CCO)CC(F)(F)F. The molecule has 0 saturated carbocycles. The zero-order valence-electron chi connectivity index (χ0n) is 11.7. The second-order valence-corrected chi connectivity index (χ2v) is 4.39. The number of aliphatic hydroxyl groups is 1. The van der Waals surface area contributed by atoms with Crippen LogP contribution < -0.4 is 5.32 Å². The van der Waals surface area contributed by atoms with Crippen molar-refractivity contribution in [2.45, 2.75) is 19.5 Å². The van der Waals surface area contributed by atoms with Gasteiger partial charge >= 0.3 is 6.18 Å². The Morgan fingerprint density at radius 1 is 1.48 bits per heavy atom. The Morgan fingerprint density at radius 3 is 2.76 bits per heavy atom. The molecule has 1 aromatic heterocycles. The zero-order valence-corrected chi connectivity index (χ0v) is 11.7. The van der Waals surface area contributed by atoms with Crippen LogP contribution in [0.2, 0.25) is 0 Å². The molecule has 0 unspecified atom stereocenters. The third-order valence-electron chi connectivity index (χ3n) is 2.61. The maximum Gasteiger partial charge on any atom is 0.406 e. The minimum Gasteiger partial charge on any atom is -0.395 e. The smallest absolute Gasteiger partial charge is 0.395 e. The molecule has 0 fully saturated rings. The summed E-state index contributed by atoms with van der Waals surface area (Å²) >= 11 is 0. The lowest BCUT2D eigenvalue weighted by Crippen LogP contribution is -2.41. The van der Waals surface area contributed by atoms with Gasteiger partial charge in [0.2, 0.25) is 0 Å². The minimum absolute atomic E-state index is 0.0589. The number of nitrogens with zero attached hydrogens (tertiary/aromatic N) is 2. The molecule has 0 aliphatic heterocycles. The van der Waals surface area contributed by atoms with Crippen LogP contribution in [0.15, 0.2) is 18.3 Å². The van der Waals surface area contributed by atoms with E-state index in [1.807, 2.05) is 6.92 Å². The fraction of sp³-hybridized carbons (Fsp3) is 0.538. The monoisotopic (exact) mass is 305 g/mol. The first-order valence-electron chi connectivity index (χ1n) is 6.54. The molecule has 8 heteroatoms. The topological polar surface area (TPSA) is 65.5 Å². The number of anilines is 1. The first-order chi connectivity index (χ1) is 9.89. The van der Waals surface area contributed by atoms with Crippen LogP contribution in [-0.4, -0.2) is 53.3 Å². The highest BCUT2D eigenvalue weighted by atomic mass is 19.4. The van der Waals surface area contributed by atoms with Gasteiger partial charge in [-0.15, -0.1) is 0 Å². The average Bonchev–Trinajstić information content (AvgIpc) is 2.43. The molecule has 0 aliphatic carbocycles. The highest BCUT2D eigenvalue weighted by Crippen LogP contribution is 2.20. The summed E-state index contributed by atoms with van der Waals surface area (Å²) in [5.74, 6) is -0.567. The number of hydrogen-bond acceptors (Lipinski definition) is 4. The van der Waals surface area contributed by atoms with E-state index in [0.29, 0.717) is 11.4 Å². The molecule has 1 rings (SSSR count). The van der Waals surface area contributed by atoms with Gasteiger partial charge in [0.25, 0.3) is 5.91 Å². The number of amides is 1. The van der Waals surface area contributed by atoms with E-state index in [9.17, 15) is 18.0 Å². The summed E-state index contributed by atoms with van der Waals surface area (Å²) in [4.78, 5) is 16.8. The van der Waals surface area contributed by atoms with Crippen molar-refractivity contribution in [3.8, 4) is 0 Å². The molecular formula is C13H18F3N3O2. The minimum atomic E-state index is -4.52. The molecule has 1 amide bonds. The van der Waals surface area contributed by atoms with Crippen LogP contribution in [0.3, 0.4) is 0 Å². The van der Waals surface area contributed by atoms with E-state index in [2.05, 4.69) is 10.3 Å². The Kier molecular flexibility index (Phi) is 6.41. The van der Waals surface area contributed by atoms with E-state index < -0.39 is 25.2 Å². The van der Waals surface area contributed by atoms with Crippen LogP contribution in [0.4, 0.5) is 19.0 Å². The molecule has 2 N–H and O–H groups in total. The summed E-state index contributed by atoms with van der Waals surface area (Å²) in [5, 5.41) is 11.7. The van der Waals surface area contributed by atoms with Crippen LogP contribution >= 0.6 is 0 Å². The predicted octanol–water partition coefficient (Wildman–Crippen LogP) is 1.90. The molecule has 0 radical (unpaired) electrons. The Hall–Kier alpha value is -1.83. The molecular weight excluding hydrogens is 287 g/mol. The van der Waals surface area contributed by atoms with E-state index in [1.165, 1.54) is 18.3 Å². The quantitative estimate of drug-likeness (QED) is 0.807. The van der Waals surface area contributed by atoms with E-state index in [4.69, 9.17) is 5.11 Å². The second-order valence-electron chi connectivity index (χ2n) is 4.39. The molecule has 5 nitrogen and oxygen atoms in total. The van der Waals surface area contributed by atoms with E-state index in [1.54, 1.807) is 0 Å². The Labute approximate surface area is 120 Å². The van der Waals surface area contributed by atoms with Gasteiger partial charge in [0, 0.05) is 19.3 Å². The van der Waals surface area contributed by atoms with E-state index >= 15 is 0 Å². The first-order valence-corrected chi connectivity index (χ1v) is 6.54. The number of aromatic nitrogens is 1. The zero-order chi connectivity index (χ0) is 15.9. The lowest BCUT2D eigenvalue weighted by atomic mass is 10.2. The molecule has 118 valence electrons. The third kappa shape index (κ3) is 5.58. The number of nitrogens with one attached hydrogen (secondary N) is 1. The van der Waals surface area contributed by atoms with Crippen LogP contribution in [0, 0.1) is 0 Å². The number of carbonyl (C=O) groups excluding carboxylic acids is 1. The van der Waals surface area contributed by atoms with Crippen molar-refractivity contribution in [3.63, 3.8) is 0 Å². The molecule has 0 bridgehead atoms. The second kappa shape index (κ2) is 7.82. The fourth-order valence-electron chi connectivity index (χ4n) is 1.72. The average molecular weight is 305 g/mol. The molecule has 1 heterocycles. The fourth-order valence-corrected chi connectivity index (χ4v) is 1.72. The molecule has 1 aromatic rings. The summed E-state index contributed by atoms with van der Waals surface area (Å²) in [6.07, 6.45) is -2.29. The maximum atomic E-state index is 12.5. The Morgan fingerprint density at radius 2 is 2.19 bits per heavy atom. The van der Waals surface area contributed by atoms with Gasteiger partial charge < -0.3 is 15.3 Å². The summed E-state index contributed by atoms with van der Waals surface area (Å²) < 4.78 is 37.5. The van der Waals surface area contributed by atoms with Crippen molar-refractivity contribution < 1.29 is 23.1 Å². The predicted molar refractivity (Wildman–Crippen MR) is 72.1 cm³/mol. The number of pyridine rings is 1. The number of halogens is 3. The van der Waals surface area contributed by atoms with Crippen LogP contribution in [0.5, 0.6) is 0 Å². The number of alkyl halides is 3. The van der Waals surface area contributed by atoms with Gasteiger partial charge in [0.15, 0.2) is 0 Å². The molecule has 21 heavy (non-hydrogen) atoms. The van der Waals surface area contributed by atoms with Crippen molar-refractivity contribution in [1.82, 2.24) is 9.88 Å². The van der Waals surface area contributed by atoms with Crippen LogP contribution in [0.1, 0.15) is 23.7 Å². The standard InChI is InChI=1S/C13H18F3N3O2/c1-2-5-17-11-10(4-3-6-18-11)12(21)19(7-8-20)9-13(14,15)16/h3-4,6,20H,2,5,7-9H2,1H3,(H,17,18). The summed E-state index contributed by atoms with van der Waals surface area (Å²) in [5.41, 5.74) is 0.0589. The van der Waals surface area contributed by atoms with Crippen molar-refractivity contribution in [1.29, 1.82) is 0 Å². The van der Waals surface area contributed by atoms with E-state index in [-0.39, 0.29) is 17.9 Å². The van der Waals surface area contributed by atoms with Crippen molar-refractivity contribution in [2.75, 3.05) is 31.6 Å². The van der Waals surface area contributed by atoms with Gasteiger partial charge in [-0.25, -0.2) is 4.98 Å². The normalized spacial score (nSPS) is 11.3. The van der Waals surface area contributed by atoms with E-state index in [0.717, 1.165) is 6.42 Å². The van der Waals surface area contributed by atoms with Gasteiger partial charge in [-0.3, -0.25) is 4.79 Å². The third-order valence-corrected chi connectivity index (χ3v) is 2.61. The number of rotatable bonds is 7. The number of carbonyl (C=O) groups is 1. The van der Waals surface area contributed by atoms with Crippen LogP contribution in [-0.2, 0) is 0 Å². The first kappa shape index (κ1) is 17.2. The van der Waals surface area contributed by atoms with Crippen molar-refractivity contribution in [3.05, 3.63) is 23.9 Å². The molecule has 0 saturated heterocycles. The van der Waals surface area contributed by atoms with Gasteiger partial charge in [0.1, 0.15) is 12.4 Å². The van der Waals surface area contributed by atoms with Crippen molar-refractivity contribution >= 4 is 11.7 Å². The Bertz CT molecular complexity index is 466. The summed E-state index contributed by atoms with van der Waals surface area (Å²) in [7, 11) is 0. The largest absolute Gasteiger partial charge is 0.406 e. The van der Waals surface area contributed by atoms with Gasteiger partial charge in [0.05, 0.1) is 12.2 Å². The molecule has 0 aliphatic rings. The van der Waals surface area contributed by atoms with Gasteiger partial charge in [-0.05, 0) is 18.6 Å². The Balaban J connectivity index is 2.97. The lowest BCUT2D eigenvalue weighted by molar-refractivity contribution is -0.141. The van der Waals surface area contributed by atoms with Gasteiger partial charge in [-0.1, -0.05) is 6.92 Å². The number of aliphatic hydroxyl groups excluding tert-OH is 1. The summed E-state index contributed by atoms with van der Waals surface area (Å²) in [6, 6.07) is 2.89. The molecule has 0 aromatic carbocycles. The molecule has 0 spiro atoms. The van der Waals surface area contributed by atoms with Crippen molar-refractivity contribution in [2.24, 2.45) is 0 Å². The maximum absolute atomic E-state index is 12.5. The molecule has 0 atom stereocenters. The highest BCUT2D eigenvalue weighted by molar-refractivity contribution is 5.98. The number of hydrogen-bond donors (Lipinski definition) is 2. The highest BCUT2D eigenvalue weighted by Gasteiger charge is 2.33. The summed E-state index contributed by atoms with van der Waals surface area (Å²) in [6.45, 7) is 0.129. The van der Waals surface area contributed by atoms with Gasteiger partial charge in [-0.2, -0.15) is 13.2 Å². The lowest BCUT2D eigenvalue weighted by Gasteiger charge is -2.24. The van der Waals surface area contributed by atoms with Crippen LogP contribution in [0.25, 0.3) is 0 Å².